The van der Waals surface area contributed by atoms with Crippen molar-refractivity contribution in [2.24, 2.45) is 0 Å². The van der Waals surface area contributed by atoms with Crippen molar-refractivity contribution in [3.05, 3.63) is 41.7 Å². The molecular formula is C23H35N5O2. The van der Waals surface area contributed by atoms with Gasteiger partial charge in [-0.1, -0.05) is 48.4 Å². The van der Waals surface area contributed by atoms with E-state index in [2.05, 4.69) is 37.7 Å². The van der Waals surface area contributed by atoms with Gasteiger partial charge in [0, 0.05) is 12.5 Å². The number of nitrogens with zero attached hydrogens (tertiary/aromatic N) is 4. The highest BCUT2D eigenvalue weighted by Gasteiger charge is 2.29. The first-order valence-electron chi connectivity index (χ1n) is 11.4. The van der Waals surface area contributed by atoms with Crippen LogP contribution in [0.3, 0.4) is 0 Å². The zero-order valence-electron chi connectivity index (χ0n) is 17.8. The fourth-order valence-corrected chi connectivity index (χ4v) is 4.56. The standard InChI is InChI=1S/C23H35N5O2/c29-18-21-12-8-11-20(14-15-22(30)17-19-9-4-3-5-10-19)28(21)16-7-2-1-6-13-23-24-26-27-25-23/h3-5,9-10,18,20-22,30H,1-2,6-8,11-17H2,(H,24,25,26,27)/t20?,21?,22-/m1/s1. The van der Waals surface area contributed by atoms with Crippen LogP contribution in [0.1, 0.15) is 69.2 Å². The number of aromatic nitrogens is 4. The van der Waals surface area contributed by atoms with E-state index in [1.165, 1.54) is 5.56 Å². The lowest BCUT2D eigenvalue weighted by Gasteiger charge is -2.40. The lowest BCUT2D eigenvalue weighted by molar-refractivity contribution is -0.115. The number of aldehydes is 1. The second-order valence-electron chi connectivity index (χ2n) is 8.44. The summed E-state index contributed by atoms with van der Waals surface area (Å²) >= 11 is 0. The fraction of sp³-hybridized carbons (Fsp3) is 0.652. The minimum absolute atomic E-state index is 0.0364. The van der Waals surface area contributed by atoms with Crippen LogP contribution in [0, 0.1) is 0 Å². The summed E-state index contributed by atoms with van der Waals surface area (Å²) in [6.07, 6.45) is 11.7. The molecule has 30 heavy (non-hydrogen) atoms. The first kappa shape index (κ1) is 22.6. The number of tetrazole rings is 1. The van der Waals surface area contributed by atoms with E-state index < -0.39 is 0 Å². The highest BCUT2D eigenvalue weighted by Crippen LogP contribution is 2.26. The van der Waals surface area contributed by atoms with Gasteiger partial charge >= 0.3 is 0 Å². The van der Waals surface area contributed by atoms with Gasteiger partial charge in [-0.3, -0.25) is 4.90 Å². The third-order valence-corrected chi connectivity index (χ3v) is 6.19. The molecule has 1 aliphatic rings. The minimum atomic E-state index is -0.323. The summed E-state index contributed by atoms with van der Waals surface area (Å²) in [4.78, 5) is 14.1. The number of H-pyrrole nitrogens is 1. The molecule has 7 nitrogen and oxygen atoms in total. The minimum Gasteiger partial charge on any atom is -0.393 e. The monoisotopic (exact) mass is 413 g/mol. The molecule has 3 atom stereocenters. The van der Waals surface area contributed by atoms with Gasteiger partial charge < -0.3 is 9.90 Å². The van der Waals surface area contributed by atoms with Gasteiger partial charge in [0.1, 0.15) is 6.29 Å². The van der Waals surface area contributed by atoms with Crippen molar-refractivity contribution in [3.8, 4) is 0 Å². The van der Waals surface area contributed by atoms with Crippen molar-refractivity contribution < 1.29 is 9.90 Å². The van der Waals surface area contributed by atoms with E-state index in [0.29, 0.717) is 12.5 Å². The number of likely N-dealkylation sites (tertiary alicyclic amines) is 1. The second kappa shape index (κ2) is 12.5. The van der Waals surface area contributed by atoms with E-state index in [0.717, 1.165) is 82.9 Å². The smallest absolute Gasteiger partial charge is 0.174 e. The number of carbonyl (C=O) groups is 1. The Morgan fingerprint density at radius 1 is 1.17 bits per heavy atom. The van der Waals surface area contributed by atoms with Crippen LogP contribution >= 0.6 is 0 Å². The van der Waals surface area contributed by atoms with Crippen LogP contribution in [0.4, 0.5) is 0 Å². The Kier molecular flexibility index (Phi) is 9.44. The highest BCUT2D eigenvalue weighted by atomic mass is 16.3. The van der Waals surface area contributed by atoms with Gasteiger partial charge in [-0.2, -0.15) is 5.21 Å². The Morgan fingerprint density at radius 2 is 2.00 bits per heavy atom. The molecule has 2 N–H and O–H groups in total. The van der Waals surface area contributed by atoms with Gasteiger partial charge in [-0.15, -0.1) is 10.2 Å². The molecule has 1 fully saturated rings. The Balaban J connectivity index is 1.39. The molecule has 1 aliphatic heterocycles. The van der Waals surface area contributed by atoms with E-state index in [-0.39, 0.29) is 12.1 Å². The zero-order chi connectivity index (χ0) is 21.0. The predicted molar refractivity (Wildman–Crippen MR) is 116 cm³/mol. The molecule has 0 saturated carbocycles. The van der Waals surface area contributed by atoms with E-state index in [9.17, 15) is 9.90 Å². The topological polar surface area (TPSA) is 95.0 Å². The molecule has 164 valence electrons. The maximum Gasteiger partial charge on any atom is 0.174 e. The summed E-state index contributed by atoms with van der Waals surface area (Å²) in [6.45, 7) is 0.963. The largest absolute Gasteiger partial charge is 0.393 e. The molecule has 0 aliphatic carbocycles. The van der Waals surface area contributed by atoms with Crippen LogP contribution in [0.2, 0.25) is 0 Å². The first-order valence-corrected chi connectivity index (χ1v) is 11.4. The van der Waals surface area contributed by atoms with Crippen molar-refractivity contribution in [1.82, 2.24) is 25.5 Å². The number of rotatable bonds is 13. The number of piperidine rings is 1. The Hall–Kier alpha value is -2.12. The average molecular weight is 414 g/mol. The van der Waals surface area contributed by atoms with Gasteiger partial charge in [-0.05, 0) is 63.5 Å². The maximum absolute atomic E-state index is 11.6. The van der Waals surface area contributed by atoms with Crippen LogP contribution in [0.25, 0.3) is 0 Å². The highest BCUT2D eigenvalue weighted by molar-refractivity contribution is 5.57. The number of aryl methyl sites for hydroxylation is 1. The lowest BCUT2D eigenvalue weighted by atomic mass is 9.91. The number of aliphatic hydroxyl groups is 1. The number of aromatic amines is 1. The van der Waals surface area contributed by atoms with Crippen LogP contribution in [-0.4, -0.2) is 61.6 Å². The van der Waals surface area contributed by atoms with Crippen molar-refractivity contribution in [2.45, 2.75) is 88.8 Å². The molecule has 1 aromatic carbocycles. The zero-order valence-corrected chi connectivity index (χ0v) is 17.8. The van der Waals surface area contributed by atoms with Crippen LogP contribution in [0.15, 0.2) is 30.3 Å². The number of hydrogen-bond donors (Lipinski definition) is 2. The number of carbonyl (C=O) groups excluding carboxylic acids is 1. The van der Waals surface area contributed by atoms with Crippen molar-refractivity contribution >= 4 is 6.29 Å². The summed E-state index contributed by atoms with van der Waals surface area (Å²) in [6, 6.07) is 10.6. The number of hydrogen-bond acceptors (Lipinski definition) is 6. The van der Waals surface area contributed by atoms with Gasteiger partial charge in [0.15, 0.2) is 5.82 Å². The van der Waals surface area contributed by atoms with E-state index in [1.54, 1.807) is 0 Å². The number of benzene rings is 1. The lowest BCUT2D eigenvalue weighted by Crippen LogP contribution is -2.48. The quantitative estimate of drug-likeness (QED) is 0.387. The second-order valence-corrected chi connectivity index (χ2v) is 8.44. The van der Waals surface area contributed by atoms with Crippen molar-refractivity contribution in [3.63, 3.8) is 0 Å². The third-order valence-electron chi connectivity index (χ3n) is 6.19. The van der Waals surface area contributed by atoms with Crippen molar-refractivity contribution in [2.75, 3.05) is 6.54 Å². The molecule has 3 rings (SSSR count). The molecule has 0 radical (unpaired) electrons. The van der Waals surface area contributed by atoms with Gasteiger partial charge in [0.05, 0.1) is 12.1 Å². The predicted octanol–water partition coefficient (Wildman–Crippen LogP) is 3.11. The first-order chi connectivity index (χ1) is 14.8. The summed E-state index contributed by atoms with van der Waals surface area (Å²) in [5, 5.41) is 24.5. The van der Waals surface area contributed by atoms with Gasteiger partial charge in [0.25, 0.3) is 0 Å². The molecule has 1 saturated heterocycles. The third kappa shape index (κ3) is 7.29. The molecule has 1 aromatic heterocycles. The molecule has 2 heterocycles. The molecule has 2 aromatic rings. The molecule has 0 bridgehead atoms. The van der Waals surface area contributed by atoms with Crippen LogP contribution in [0.5, 0.6) is 0 Å². The molecule has 2 unspecified atom stereocenters. The Labute approximate surface area is 179 Å². The number of aliphatic hydroxyl groups excluding tert-OH is 1. The Morgan fingerprint density at radius 3 is 2.77 bits per heavy atom. The number of nitrogens with one attached hydrogen (secondary N) is 1. The molecule has 0 amide bonds. The maximum atomic E-state index is 11.6. The van der Waals surface area contributed by atoms with Crippen LogP contribution in [-0.2, 0) is 17.6 Å². The summed E-state index contributed by atoms with van der Waals surface area (Å²) in [5.74, 6) is 0.779. The van der Waals surface area contributed by atoms with Crippen molar-refractivity contribution in [1.29, 1.82) is 0 Å². The fourth-order valence-electron chi connectivity index (χ4n) is 4.56. The van der Waals surface area contributed by atoms with Gasteiger partial charge in [0.2, 0.25) is 0 Å². The van der Waals surface area contributed by atoms with Crippen LogP contribution < -0.4 is 0 Å². The molecular weight excluding hydrogens is 378 g/mol. The summed E-state index contributed by atoms with van der Waals surface area (Å²) in [5.41, 5.74) is 1.18. The van der Waals surface area contributed by atoms with Gasteiger partial charge in [-0.25, -0.2) is 0 Å². The number of unbranched alkanes of at least 4 members (excludes halogenated alkanes) is 3. The Bertz CT molecular complexity index is 710. The molecule has 0 spiro atoms. The van der Waals surface area contributed by atoms with E-state index >= 15 is 0 Å². The van der Waals surface area contributed by atoms with E-state index in [4.69, 9.17) is 0 Å². The summed E-state index contributed by atoms with van der Waals surface area (Å²) < 4.78 is 0. The average Bonchev–Trinajstić information content (AvgIpc) is 3.29. The molecule has 7 heteroatoms. The summed E-state index contributed by atoms with van der Waals surface area (Å²) in [7, 11) is 0. The van der Waals surface area contributed by atoms with E-state index in [1.807, 2.05) is 18.2 Å². The normalized spacial score (nSPS) is 20.8. The SMILES string of the molecule is O=CC1CCCC(CC[C@@H](O)Cc2ccccc2)N1CCCCCCc1nn[nH]n1.